The van der Waals surface area contributed by atoms with Crippen molar-refractivity contribution in [2.75, 3.05) is 6.54 Å². The molecule has 1 unspecified atom stereocenters. The van der Waals surface area contributed by atoms with Gasteiger partial charge in [-0.05, 0) is 13.8 Å². The van der Waals surface area contributed by atoms with E-state index >= 15 is 0 Å². The summed E-state index contributed by atoms with van der Waals surface area (Å²) in [5, 5.41) is -0.618. The predicted octanol–water partition coefficient (Wildman–Crippen LogP) is 0.903. The van der Waals surface area contributed by atoms with Crippen molar-refractivity contribution in [2.45, 2.75) is 32.6 Å². The van der Waals surface area contributed by atoms with E-state index in [0.29, 0.717) is 12.4 Å². The van der Waals surface area contributed by atoms with Crippen molar-refractivity contribution in [1.29, 1.82) is 0 Å². The minimum atomic E-state index is -3.30. The molecule has 6 heteroatoms. The van der Waals surface area contributed by atoms with Gasteiger partial charge in [-0.25, -0.2) is 18.1 Å². The molecule has 0 radical (unpaired) electrons. The fraction of sp³-hybridized carbons (Fsp3) is 0.667. The van der Waals surface area contributed by atoms with Gasteiger partial charge >= 0.3 is 0 Å². The Morgan fingerprint density at radius 3 is 2.73 bits per heavy atom. The topological polar surface area (TPSA) is 64.0 Å². The van der Waals surface area contributed by atoms with Crippen LogP contribution in [0.15, 0.2) is 12.4 Å². The van der Waals surface area contributed by atoms with Gasteiger partial charge < -0.3 is 4.57 Å². The van der Waals surface area contributed by atoms with Crippen molar-refractivity contribution in [3.8, 4) is 0 Å². The number of nitrogens with one attached hydrogen (secondary N) is 1. The molecule has 1 N–H and O–H groups in total. The van der Waals surface area contributed by atoms with Gasteiger partial charge in [0.25, 0.3) is 0 Å². The minimum Gasteiger partial charge on any atom is -0.334 e. The molecule has 0 aliphatic rings. The first kappa shape index (κ1) is 12.2. The first-order valence-electron chi connectivity index (χ1n) is 5.02. The lowest BCUT2D eigenvalue weighted by Gasteiger charge is -2.13. The maximum atomic E-state index is 11.7. The van der Waals surface area contributed by atoms with Crippen LogP contribution in [0.2, 0.25) is 0 Å². The van der Waals surface area contributed by atoms with E-state index in [1.165, 1.54) is 0 Å². The second-order valence-corrected chi connectivity index (χ2v) is 5.34. The molecule has 1 aromatic heterocycles. The molecule has 1 aromatic rings. The lowest BCUT2D eigenvalue weighted by molar-refractivity contribution is 0.564. The summed E-state index contributed by atoms with van der Waals surface area (Å²) in [6, 6.07) is 0. The van der Waals surface area contributed by atoms with E-state index < -0.39 is 15.3 Å². The summed E-state index contributed by atoms with van der Waals surface area (Å²) in [6.45, 7) is 6.49. The standard InChI is InChI=1S/C9H17N3O2S/c1-4-11-15(13,14)8(3)9-10-6-7-12(9)5-2/h6-8,11H,4-5H2,1-3H3. The molecule has 86 valence electrons. The van der Waals surface area contributed by atoms with Gasteiger partial charge in [0.15, 0.2) is 0 Å². The van der Waals surface area contributed by atoms with Crippen LogP contribution in [0.3, 0.4) is 0 Å². The minimum absolute atomic E-state index is 0.402. The first-order chi connectivity index (χ1) is 7.03. The molecule has 0 aliphatic carbocycles. The molecule has 15 heavy (non-hydrogen) atoms. The number of aromatic nitrogens is 2. The van der Waals surface area contributed by atoms with Gasteiger partial charge in [0.05, 0.1) is 0 Å². The average Bonchev–Trinajstić information content (AvgIpc) is 2.63. The summed E-state index contributed by atoms with van der Waals surface area (Å²) in [4.78, 5) is 4.08. The Labute approximate surface area is 90.6 Å². The average molecular weight is 231 g/mol. The van der Waals surface area contributed by atoms with Crippen LogP contribution in [0.25, 0.3) is 0 Å². The second-order valence-electron chi connectivity index (χ2n) is 3.26. The first-order valence-corrected chi connectivity index (χ1v) is 6.57. The quantitative estimate of drug-likeness (QED) is 0.819. The van der Waals surface area contributed by atoms with Gasteiger partial charge in [-0.1, -0.05) is 6.92 Å². The van der Waals surface area contributed by atoms with E-state index in [4.69, 9.17) is 0 Å². The van der Waals surface area contributed by atoms with Gasteiger partial charge in [0.1, 0.15) is 11.1 Å². The Bertz CT molecular complexity index is 411. The molecule has 0 aromatic carbocycles. The monoisotopic (exact) mass is 231 g/mol. The summed E-state index contributed by atoms with van der Waals surface area (Å²) >= 11 is 0. The molecule has 5 nitrogen and oxygen atoms in total. The van der Waals surface area contributed by atoms with Crippen LogP contribution in [-0.2, 0) is 16.6 Å². The molecule has 0 amide bonds. The van der Waals surface area contributed by atoms with Crippen LogP contribution in [-0.4, -0.2) is 24.5 Å². The van der Waals surface area contributed by atoms with Crippen molar-refractivity contribution in [3.63, 3.8) is 0 Å². The van der Waals surface area contributed by atoms with Crippen molar-refractivity contribution < 1.29 is 8.42 Å². The number of nitrogens with zero attached hydrogens (tertiary/aromatic N) is 2. The predicted molar refractivity (Wildman–Crippen MR) is 58.9 cm³/mol. The molecule has 1 atom stereocenters. The Morgan fingerprint density at radius 1 is 1.53 bits per heavy atom. The van der Waals surface area contributed by atoms with Crippen LogP contribution in [0, 0.1) is 0 Å². The van der Waals surface area contributed by atoms with Gasteiger partial charge in [-0.15, -0.1) is 0 Å². The molecule has 0 saturated heterocycles. The molecule has 0 bridgehead atoms. The highest BCUT2D eigenvalue weighted by atomic mass is 32.2. The van der Waals surface area contributed by atoms with Gasteiger partial charge in [-0.3, -0.25) is 0 Å². The Hall–Kier alpha value is -0.880. The van der Waals surface area contributed by atoms with Crippen molar-refractivity contribution in [2.24, 2.45) is 0 Å². The van der Waals surface area contributed by atoms with Crippen LogP contribution >= 0.6 is 0 Å². The van der Waals surface area contributed by atoms with Crippen LogP contribution in [0.1, 0.15) is 31.8 Å². The number of aryl methyl sites for hydroxylation is 1. The highest BCUT2D eigenvalue weighted by molar-refractivity contribution is 7.89. The Kier molecular flexibility index (Phi) is 3.87. The van der Waals surface area contributed by atoms with Crippen molar-refractivity contribution in [3.05, 3.63) is 18.2 Å². The zero-order chi connectivity index (χ0) is 11.5. The highest BCUT2D eigenvalue weighted by Crippen LogP contribution is 2.18. The van der Waals surface area contributed by atoms with E-state index in [2.05, 4.69) is 9.71 Å². The maximum Gasteiger partial charge on any atom is 0.221 e. The number of hydrogen-bond acceptors (Lipinski definition) is 3. The zero-order valence-corrected chi connectivity index (χ0v) is 10.1. The summed E-state index contributed by atoms with van der Waals surface area (Å²) in [5.41, 5.74) is 0. The van der Waals surface area contributed by atoms with E-state index in [1.54, 1.807) is 26.2 Å². The maximum absolute atomic E-state index is 11.7. The summed E-state index contributed by atoms with van der Waals surface area (Å²) in [6.07, 6.45) is 3.41. The Morgan fingerprint density at radius 2 is 2.20 bits per heavy atom. The van der Waals surface area contributed by atoms with Gasteiger partial charge in [-0.2, -0.15) is 0 Å². The third kappa shape index (κ3) is 2.57. The van der Waals surface area contributed by atoms with E-state index in [1.807, 2.05) is 11.5 Å². The molecular weight excluding hydrogens is 214 g/mol. The third-order valence-electron chi connectivity index (χ3n) is 2.26. The number of hydrogen-bond donors (Lipinski definition) is 1. The van der Waals surface area contributed by atoms with Crippen LogP contribution < -0.4 is 4.72 Å². The SMILES string of the molecule is CCNS(=O)(=O)C(C)c1nccn1CC. The molecule has 0 spiro atoms. The van der Waals surface area contributed by atoms with Gasteiger partial charge in [0, 0.05) is 25.5 Å². The molecular formula is C9H17N3O2S. The van der Waals surface area contributed by atoms with Crippen LogP contribution in [0.5, 0.6) is 0 Å². The van der Waals surface area contributed by atoms with E-state index in [9.17, 15) is 8.42 Å². The largest absolute Gasteiger partial charge is 0.334 e. The Balaban J connectivity index is 2.99. The summed E-state index contributed by atoms with van der Waals surface area (Å²) < 4.78 is 27.8. The van der Waals surface area contributed by atoms with Crippen LogP contribution in [0.4, 0.5) is 0 Å². The normalized spacial score (nSPS) is 14.1. The third-order valence-corrected chi connectivity index (χ3v) is 4.10. The lowest BCUT2D eigenvalue weighted by Crippen LogP contribution is -2.29. The zero-order valence-electron chi connectivity index (χ0n) is 9.27. The highest BCUT2D eigenvalue weighted by Gasteiger charge is 2.25. The fourth-order valence-corrected chi connectivity index (χ4v) is 2.54. The molecule has 0 saturated carbocycles. The summed E-state index contributed by atoms with van der Waals surface area (Å²) in [5.74, 6) is 0.582. The second kappa shape index (κ2) is 4.76. The van der Waals surface area contributed by atoms with E-state index in [0.717, 1.165) is 6.54 Å². The summed E-state index contributed by atoms with van der Waals surface area (Å²) in [7, 11) is -3.30. The fourth-order valence-electron chi connectivity index (χ4n) is 1.41. The number of rotatable bonds is 5. The molecule has 1 heterocycles. The van der Waals surface area contributed by atoms with E-state index in [-0.39, 0.29) is 0 Å². The lowest BCUT2D eigenvalue weighted by atomic mass is 10.4. The number of imidazole rings is 1. The smallest absolute Gasteiger partial charge is 0.221 e. The van der Waals surface area contributed by atoms with Gasteiger partial charge in [0.2, 0.25) is 10.0 Å². The molecule has 1 rings (SSSR count). The molecule has 0 aliphatic heterocycles. The molecule has 0 fully saturated rings. The number of sulfonamides is 1. The van der Waals surface area contributed by atoms with Crippen molar-refractivity contribution >= 4 is 10.0 Å². The van der Waals surface area contributed by atoms with Crippen molar-refractivity contribution in [1.82, 2.24) is 14.3 Å².